The molecule has 10 heteroatoms. The summed E-state index contributed by atoms with van der Waals surface area (Å²) in [6.45, 7) is 3.58. The fourth-order valence-corrected chi connectivity index (χ4v) is 3.69. The van der Waals surface area contributed by atoms with Gasteiger partial charge in [-0.3, -0.25) is 9.69 Å². The fraction of sp³-hybridized carbons (Fsp3) is 0.471. The van der Waals surface area contributed by atoms with E-state index in [-0.39, 0.29) is 17.6 Å². The van der Waals surface area contributed by atoms with Crippen LogP contribution in [-0.4, -0.2) is 49.5 Å². The molecule has 0 aromatic heterocycles. The average Bonchev–Trinajstić information content (AvgIpc) is 2.48. The van der Waals surface area contributed by atoms with E-state index in [1.807, 2.05) is 17.9 Å². The number of halogens is 3. The predicted octanol–water partition coefficient (Wildman–Crippen LogP) is 2.51. The summed E-state index contributed by atoms with van der Waals surface area (Å²) in [5, 5.41) is 8.93. The summed E-state index contributed by atoms with van der Waals surface area (Å²) in [6.07, 6.45) is 2.44. The molecular formula is C17H18F3NO5S. The molecule has 148 valence electrons. The molecule has 0 amide bonds. The van der Waals surface area contributed by atoms with Crippen LogP contribution in [0.1, 0.15) is 18.1 Å². The molecule has 1 aromatic rings. The highest BCUT2D eigenvalue weighted by atomic mass is 32.2. The van der Waals surface area contributed by atoms with Gasteiger partial charge in [-0.05, 0) is 35.6 Å². The van der Waals surface area contributed by atoms with Gasteiger partial charge in [-0.15, -0.1) is 0 Å². The van der Waals surface area contributed by atoms with E-state index in [1.165, 1.54) is 18.2 Å². The lowest BCUT2D eigenvalue weighted by atomic mass is 9.83. The maximum atomic E-state index is 12.4. The summed E-state index contributed by atoms with van der Waals surface area (Å²) in [5.41, 5.74) is -2.89. The van der Waals surface area contributed by atoms with Crippen LogP contribution in [0.2, 0.25) is 0 Å². The summed E-state index contributed by atoms with van der Waals surface area (Å²) < 4.78 is 63.8. The van der Waals surface area contributed by atoms with Gasteiger partial charge in [0.2, 0.25) is 0 Å². The van der Waals surface area contributed by atoms with Gasteiger partial charge in [0, 0.05) is 19.6 Å². The minimum Gasteiger partial charge on any atom is -0.481 e. The molecule has 27 heavy (non-hydrogen) atoms. The molecule has 1 aliphatic carbocycles. The van der Waals surface area contributed by atoms with E-state index in [0.29, 0.717) is 31.6 Å². The molecule has 1 aliphatic heterocycles. The van der Waals surface area contributed by atoms with Crippen molar-refractivity contribution >= 4 is 22.2 Å². The summed E-state index contributed by atoms with van der Waals surface area (Å²) in [4.78, 5) is 12.9. The predicted molar refractivity (Wildman–Crippen MR) is 90.5 cm³/mol. The van der Waals surface area contributed by atoms with Crippen molar-refractivity contribution < 1.29 is 35.7 Å². The first-order valence-corrected chi connectivity index (χ1v) is 9.66. The molecule has 1 heterocycles. The van der Waals surface area contributed by atoms with Crippen LogP contribution in [-0.2, 0) is 21.3 Å². The molecule has 1 aromatic carbocycles. The Morgan fingerprint density at radius 2 is 2.00 bits per heavy atom. The van der Waals surface area contributed by atoms with Crippen molar-refractivity contribution in [3.63, 3.8) is 0 Å². The number of rotatable bonds is 5. The quantitative estimate of drug-likeness (QED) is 0.599. The zero-order valence-corrected chi connectivity index (χ0v) is 15.2. The van der Waals surface area contributed by atoms with Crippen molar-refractivity contribution in [3.8, 4) is 5.75 Å². The highest BCUT2D eigenvalue weighted by Gasteiger charge is 2.48. The van der Waals surface area contributed by atoms with Gasteiger partial charge in [0.1, 0.15) is 5.75 Å². The molecule has 6 nitrogen and oxygen atoms in total. The fourth-order valence-electron chi connectivity index (χ4n) is 3.24. The molecule has 3 rings (SSSR count). The summed E-state index contributed by atoms with van der Waals surface area (Å²) in [5.74, 6) is -1.42. The Hall–Kier alpha value is -2.07. The number of fused-ring (bicyclic) bond motifs is 1. The topological polar surface area (TPSA) is 83.9 Å². The molecule has 0 radical (unpaired) electrons. The van der Waals surface area contributed by atoms with Gasteiger partial charge in [-0.25, -0.2) is 0 Å². The largest absolute Gasteiger partial charge is 0.534 e. The molecule has 1 atom stereocenters. The Morgan fingerprint density at radius 3 is 2.59 bits per heavy atom. The smallest absolute Gasteiger partial charge is 0.481 e. The number of hydrogen-bond donors (Lipinski definition) is 1. The van der Waals surface area contributed by atoms with Gasteiger partial charge in [-0.2, -0.15) is 21.6 Å². The van der Waals surface area contributed by atoms with Crippen molar-refractivity contribution in [3.05, 3.63) is 34.9 Å². The number of benzene rings is 1. The van der Waals surface area contributed by atoms with Crippen LogP contribution in [0, 0.1) is 11.8 Å². The SMILES string of the molecule is C[C@H]1Cc2cc(OS(=O)(=O)C(F)(F)F)ccc2C=C1CN1CC(C(=O)O)C1. The standard InChI is InChI=1S/C17H18F3NO5S/c1-10-4-12-6-15(26-27(24,25)17(18,19)20)3-2-11(12)5-13(10)7-21-8-14(9-21)16(22)23/h2-3,5-6,10,14H,4,7-9H2,1H3,(H,22,23)/t10-/m0/s1. The van der Waals surface area contributed by atoms with E-state index in [9.17, 15) is 26.4 Å². The molecule has 0 saturated carbocycles. The second-order valence-electron chi connectivity index (χ2n) is 6.90. The average molecular weight is 405 g/mol. The van der Waals surface area contributed by atoms with Crippen molar-refractivity contribution in [2.45, 2.75) is 18.9 Å². The van der Waals surface area contributed by atoms with Crippen molar-refractivity contribution in [1.82, 2.24) is 4.90 Å². The van der Waals surface area contributed by atoms with Gasteiger partial charge in [0.25, 0.3) is 0 Å². The molecule has 1 saturated heterocycles. The van der Waals surface area contributed by atoms with E-state index in [2.05, 4.69) is 4.18 Å². The summed E-state index contributed by atoms with van der Waals surface area (Å²) in [7, 11) is -5.70. The maximum absolute atomic E-state index is 12.4. The first kappa shape index (κ1) is 19.7. The van der Waals surface area contributed by atoms with Gasteiger partial charge in [0.05, 0.1) is 5.92 Å². The number of carbonyl (C=O) groups is 1. The number of nitrogens with zero attached hydrogens (tertiary/aromatic N) is 1. The number of hydrogen-bond acceptors (Lipinski definition) is 5. The number of aliphatic carboxylic acids is 1. The number of alkyl halides is 3. The van der Waals surface area contributed by atoms with E-state index >= 15 is 0 Å². The van der Waals surface area contributed by atoms with Crippen molar-refractivity contribution in [2.75, 3.05) is 19.6 Å². The Balaban J connectivity index is 1.73. The van der Waals surface area contributed by atoms with Crippen LogP contribution in [0.25, 0.3) is 6.08 Å². The van der Waals surface area contributed by atoms with Crippen molar-refractivity contribution in [2.24, 2.45) is 11.8 Å². The normalized spacial score (nSPS) is 21.2. The number of likely N-dealkylation sites (tertiary alicyclic amines) is 1. The van der Waals surface area contributed by atoms with E-state index in [4.69, 9.17) is 5.11 Å². The number of carboxylic acids is 1. The van der Waals surface area contributed by atoms with Crippen LogP contribution < -0.4 is 4.18 Å². The molecule has 1 fully saturated rings. The molecule has 0 unspecified atom stereocenters. The van der Waals surface area contributed by atoms with Gasteiger partial charge in [0.15, 0.2) is 0 Å². The van der Waals surface area contributed by atoms with Crippen LogP contribution >= 0.6 is 0 Å². The van der Waals surface area contributed by atoms with Gasteiger partial charge >= 0.3 is 21.6 Å². The zero-order chi connectivity index (χ0) is 20.0. The second-order valence-corrected chi connectivity index (χ2v) is 8.44. The zero-order valence-electron chi connectivity index (χ0n) is 14.4. The third kappa shape index (κ3) is 4.11. The lowest BCUT2D eigenvalue weighted by Gasteiger charge is -2.38. The molecular weight excluding hydrogens is 387 g/mol. The Bertz CT molecular complexity index is 888. The number of carboxylic acid groups (broad SMARTS) is 1. The first-order valence-electron chi connectivity index (χ1n) is 8.25. The van der Waals surface area contributed by atoms with E-state index in [0.717, 1.165) is 11.1 Å². The second kappa shape index (κ2) is 6.83. The Labute approximate surface area is 154 Å². The third-order valence-corrected chi connectivity index (χ3v) is 5.80. The van der Waals surface area contributed by atoms with Crippen LogP contribution in [0.5, 0.6) is 5.75 Å². The third-order valence-electron chi connectivity index (χ3n) is 4.82. The maximum Gasteiger partial charge on any atom is 0.534 e. The van der Waals surface area contributed by atoms with Gasteiger partial charge in [-0.1, -0.05) is 24.6 Å². The lowest BCUT2D eigenvalue weighted by molar-refractivity contribution is -0.147. The minimum absolute atomic E-state index is 0.0934. The van der Waals surface area contributed by atoms with Crippen molar-refractivity contribution in [1.29, 1.82) is 0 Å². The highest BCUT2D eigenvalue weighted by Crippen LogP contribution is 2.34. The lowest BCUT2D eigenvalue weighted by Crippen LogP contribution is -2.51. The summed E-state index contributed by atoms with van der Waals surface area (Å²) in [6, 6.07) is 4.03. The van der Waals surface area contributed by atoms with Crippen LogP contribution in [0.3, 0.4) is 0 Å². The Kier molecular flexibility index (Phi) is 4.98. The van der Waals surface area contributed by atoms with E-state index in [1.54, 1.807) is 0 Å². The Morgan fingerprint density at radius 1 is 1.33 bits per heavy atom. The molecule has 0 spiro atoms. The molecule has 1 N–H and O–H groups in total. The molecule has 0 bridgehead atoms. The van der Waals surface area contributed by atoms with Crippen LogP contribution in [0.4, 0.5) is 13.2 Å². The van der Waals surface area contributed by atoms with Gasteiger partial charge < -0.3 is 9.29 Å². The van der Waals surface area contributed by atoms with E-state index < -0.39 is 21.6 Å². The molecule has 2 aliphatic rings. The van der Waals surface area contributed by atoms with Crippen LogP contribution in [0.15, 0.2) is 23.8 Å². The monoisotopic (exact) mass is 405 g/mol. The highest BCUT2D eigenvalue weighted by molar-refractivity contribution is 7.88. The first-order chi connectivity index (χ1) is 12.5. The summed E-state index contributed by atoms with van der Waals surface area (Å²) >= 11 is 0. The minimum atomic E-state index is -5.70.